The van der Waals surface area contributed by atoms with Gasteiger partial charge in [-0.1, -0.05) is 47.6 Å². The summed E-state index contributed by atoms with van der Waals surface area (Å²) in [7, 11) is 0.0232. The number of rotatable bonds is 7. The Labute approximate surface area is 220 Å². The Hall–Kier alpha value is -4.70. The molecule has 1 aromatic heterocycles. The lowest BCUT2D eigenvalue weighted by Gasteiger charge is -2.19. The second kappa shape index (κ2) is 9.98. The number of hydrogen-bond acceptors (Lipinski definition) is 7. The SMILES string of the molecule is Cc1cc(NS(=O)(=O)c2ccc(N3C(=O)/C(=C/c4ccc(N(C)C)cc4)N=C3c3ccccc3)cc2)no1. The van der Waals surface area contributed by atoms with Gasteiger partial charge < -0.3 is 9.42 Å². The molecule has 2 heterocycles. The third kappa shape index (κ3) is 5.07. The number of aliphatic imine (C=N–C) groups is 1. The zero-order chi connectivity index (χ0) is 26.9. The van der Waals surface area contributed by atoms with E-state index < -0.39 is 10.0 Å². The maximum Gasteiger partial charge on any atom is 0.282 e. The number of carbonyl (C=O) groups is 1. The van der Waals surface area contributed by atoms with E-state index >= 15 is 0 Å². The molecule has 5 rings (SSSR count). The molecule has 0 saturated heterocycles. The molecule has 1 amide bonds. The molecular formula is C28H25N5O4S. The number of carbonyl (C=O) groups excluding carboxylic acids is 1. The van der Waals surface area contributed by atoms with E-state index in [0.717, 1.165) is 16.8 Å². The molecule has 0 spiro atoms. The van der Waals surface area contributed by atoms with E-state index in [2.05, 4.69) is 14.9 Å². The highest BCUT2D eigenvalue weighted by Crippen LogP contribution is 2.29. The topological polar surface area (TPSA) is 108 Å². The molecule has 1 N–H and O–H groups in total. The highest BCUT2D eigenvalue weighted by molar-refractivity contribution is 7.92. The van der Waals surface area contributed by atoms with Crippen LogP contribution in [0.2, 0.25) is 0 Å². The zero-order valence-electron chi connectivity index (χ0n) is 21.0. The Balaban J connectivity index is 1.48. The Morgan fingerprint density at radius 1 is 0.947 bits per heavy atom. The Morgan fingerprint density at radius 2 is 1.63 bits per heavy atom. The van der Waals surface area contributed by atoms with Gasteiger partial charge in [0.05, 0.1) is 10.6 Å². The average Bonchev–Trinajstić information content (AvgIpc) is 3.46. The number of benzene rings is 3. The van der Waals surface area contributed by atoms with Gasteiger partial charge in [-0.15, -0.1) is 0 Å². The van der Waals surface area contributed by atoms with Crippen molar-refractivity contribution in [3.63, 3.8) is 0 Å². The first kappa shape index (κ1) is 25.0. The predicted octanol–water partition coefficient (Wildman–Crippen LogP) is 4.68. The summed E-state index contributed by atoms with van der Waals surface area (Å²) in [5.74, 6) is 0.718. The molecule has 4 aromatic rings. The van der Waals surface area contributed by atoms with Crippen molar-refractivity contribution in [1.82, 2.24) is 5.16 Å². The van der Waals surface area contributed by atoms with Gasteiger partial charge in [0, 0.05) is 31.4 Å². The highest BCUT2D eigenvalue weighted by atomic mass is 32.2. The summed E-state index contributed by atoms with van der Waals surface area (Å²) >= 11 is 0. The summed E-state index contributed by atoms with van der Waals surface area (Å²) in [4.78, 5) is 21.8. The number of aromatic nitrogens is 1. The normalized spacial score (nSPS) is 14.6. The van der Waals surface area contributed by atoms with Crippen molar-refractivity contribution in [1.29, 1.82) is 0 Å². The molecule has 1 aliphatic rings. The van der Waals surface area contributed by atoms with Crippen molar-refractivity contribution in [3.05, 3.63) is 108 Å². The summed E-state index contributed by atoms with van der Waals surface area (Å²) < 4.78 is 32.9. The number of amidine groups is 1. The molecule has 10 heteroatoms. The summed E-state index contributed by atoms with van der Waals surface area (Å²) in [6.07, 6.45) is 1.74. The molecule has 0 fully saturated rings. The summed E-state index contributed by atoms with van der Waals surface area (Å²) in [6, 6.07) is 24.7. The van der Waals surface area contributed by atoms with Crippen molar-refractivity contribution < 1.29 is 17.7 Å². The first-order valence-corrected chi connectivity index (χ1v) is 13.2. The molecule has 1 aliphatic heterocycles. The standard InChI is InChI=1S/C28H25N5O4S/c1-19-17-26(30-37-19)31-38(35,36)24-15-13-23(14-16-24)33-27(21-7-5-4-6-8-21)29-25(28(33)34)18-20-9-11-22(12-10-20)32(2)3/h4-18H,1-3H3,(H,30,31)/b25-18-. The van der Waals surface area contributed by atoms with Crippen LogP contribution in [0.25, 0.3) is 6.08 Å². The van der Waals surface area contributed by atoms with E-state index in [4.69, 9.17) is 4.52 Å². The molecule has 0 radical (unpaired) electrons. The van der Waals surface area contributed by atoms with Crippen LogP contribution in [0.3, 0.4) is 0 Å². The van der Waals surface area contributed by atoms with Gasteiger partial charge >= 0.3 is 0 Å². The molecule has 9 nitrogen and oxygen atoms in total. The van der Waals surface area contributed by atoms with Crippen LogP contribution in [-0.4, -0.2) is 39.4 Å². The zero-order valence-corrected chi connectivity index (χ0v) is 21.8. The third-order valence-corrected chi connectivity index (χ3v) is 7.25. The van der Waals surface area contributed by atoms with E-state index in [1.165, 1.54) is 23.1 Å². The van der Waals surface area contributed by atoms with Gasteiger partial charge in [0.15, 0.2) is 5.82 Å². The van der Waals surface area contributed by atoms with Crippen molar-refractivity contribution in [2.24, 2.45) is 4.99 Å². The first-order valence-electron chi connectivity index (χ1n) is 11.8. The molecule has 192 valence electrons. The number of sulfonamides is 1. The lowest BCUT2D eigenvalue weighted by atomic mass is 10.1. The lowest BCUT2D eigenvalue weighted by Crippen LogP contribution is -2.32. The van der Waals surface area contributed by atoms with Crippen LogP contribution >= 0.6 is 0 Å². The molecule has 38 heavy (non-hydrogen) atoms. The summed E-state index contributed by atoms with van der Waals surface area (Å²) in [5, 5.41) is 3.67. The van der Waals surface area contributed by atoms with E-state index in [-0.39, 0.29) is 22.3 Å². The minimum absolute atomic E-state index is 0.0171. The van der Waals surface area contributed by atoms with E-state index in [1.807, 2.05) is 73.6 Å². The van der Waals surface area contributed by atoms with E-state index in [1.54, 1.807) is 25.1 Å². The van der Waals surface area contributed by atoms with Gasteiger partial charge in [-0.05, 0) is 55.0 Å². The van der Waals surface area contributed by atoms with Crippen LogP contribution in [0.5, 0.6) is 0 Å². The van der Waals surface area contributed by atoms with Crippen molar-refractivity contribution in [2.75, 3.05) is 28.6 Å². The number of nitrogens with one attached hydrogen (secondary N) is 1. The maximum atomic E-state index is 13.6. The monoisotopic (exact) mass is 527 g/mol. The fraction of sp³-hybridized carbons (Fsp3) is 0.107. The Bertz CT molecular complexity index is 1640. The number of hydrogen-bond donors (Lipinski definition) is 1. The van der Waals surface area contributed by atoms with Crippen LogP contribution in [0, 0.1) is 6.92 Å². The molecule has 0 bridgehead atoms. The van der Waals surface area contributed by atoms with Crippen LogP contribution < -0.4 is 14.5 Å². The van der Waals surface area contributed by atoms with E-state index in [9.17, 15) is 13.2 Å². The van der Waals surface area contributed by atoms with Gasteiger partial charge in [-0.3, -0.25) is 14.4 Å². The molecule has 0 unspecified atom stereocenters. The third-order valence-electron chi connectivity index (χ3n) is 5.88. The minimum atomic E-state index is -3.90. The van der Waals surface area contributed by atoms with Crippen LogP contribution in [0.4, 0.5) is 17.2 Å². The molecule has 0 saturated carbocycles. The van der Waals surface area contributed by atoms with Crippen LogP contribution in [0.1, 0.15) is 16.9 Å². The molecule has 3 aromatic carbocycles. The summed E-state index contributed by atoms with van der Waals surface area (Å²) in [6.45, 7) is 1.67. The number of aryl methyl sites for hydroxylation is 1. The van der Waals surface area contributed by atoms with Gasteiger partial charge in [0.25, 0.3) is 15.9 Å². The van der Waals surface area contributed by atoms with Gasteiger partial charge in [-0.25, -0.2) is 13.4 Å². The maximum absolute atomic E-state index is 13.6. The molecule has 0 atom stereocenters. The van der Waals surface area contributed by atoms with E-state index in [0.29, 0.717) is 17.3 Å². The second-order valence-electron chi connectivity index (χ2n) is 8.88. The van der Waals surface area contributed by atoms with Gasteiger partial charge in [-0.2, -0.15) is 0 Å². The number of nitrogens with zero attached hydrogens (tertiary/aromatic N) is 4. The Kier molecular flexibility index (Phi) is 6.56. The van der Waals surface area contributed by atoms with Crippen LogP contribution in [-0.2, 0) is 14.8 Å². The summed E-state index contributed by atoms with van der Waals surface area (Å²) in [5.41, 5.74) is 3.41. The highest BCUT2D eigenvalue weighted by Gasteiger charge is 2.32. The molecule has 0 aliphatic carbocycles. The van der Waals surface area contributed by atoms with Crippen LogP contribution in [0.15, 0.2) is 105 Å². The van der Waals surface area contributed by atoms with Gasteiger partial charge in [0.1, 0.15) is 17.3 Å². The van der Waals surface area contributed by atoms with Gasteiger partial charge in [0.2, 0.25) is 0 Å². The predicted molar refractivity (Wildman–Crippen MR) is 148 cm³/mol. The average molecular weight is 528 g/mol. The lowest BCUT2D eigenvalue weighted by molar-refractivity contribution is -0.113. The quantitative estimate of drug-likeness (QED) is 0.350. The number of amides is 1. The fourth-order valence-electron chi connectivity index (χ4n) is 3.95. The first-order chi connectivity index (χ1) is 18.2. The van der Waals surface area contributed by atoms with Crippen molar-refractivity contribution in [3.8, 4) is 0 Å². The second-order valence-corrected chi connectivity index (χ2v) is 10.6. The number of anilines is 3. The van der Waals surface area contributed by atoms with Crippen molar-refractivity contribution >= 4 is 45.0 Å². The molecular weight excluding hydrogens is 502 g/mol. The smallest absolute Gasteiger partial charge is 0.282 e. The van der Waals surface area contributed by atoms with Crippen molar-refractivity contribution in [2.45, 2.75) is 11.8 Å². The largest absolute Gasteiger partial charge is 0.378 e. The minimum Gasteiger partial charge on any atom is -0.378 e. The fourth-order valence-corrected chi connectivity index (χ4v) is 4.93. The Morgan fingerprint density at radius 3 is 2.24 bits per heavy atom.